The van der Waals surface area contributed by atoms with Crippen LogP contribution in [0, 0.1) is 0 Å². The molecule has 0 aliphatic rings. The van der Waals surface area contributed by atoms with Crippen molar-refractivity contribution in [2.75, 3.05) is 7.11 Å². The van der Waals surface area contributed by atoms with Crippen LogP contribution in [0.2, 0.25) is 0 Å². The Morgan fingerprint density at radius 3 is 2.62 bits per heavy atom. The zero-order valence-corrected chi connectivity index (χ0v) is 13.3. The van der Waals surface area contributed by atoms with Crippen molar-refractivity contribution >= 4 is 17.3 Å². The summed E-state index contributed by atoms with van der Waals surface area (Å²) in [5.41, 5.74) is 0.555. The van der Waals surface area contributed by atoms with E-state index in [0.717, 1.165) is 6.42 Å². The first-order valence-corrected chi connectivity index (χ1v) is 7.92. The van der Waals surface area contributed by atoms with Gasteiger partial charge in [0.1, 0.15) is 5.54 Å². The molecular formula is C17H21NO2S. The number of carbonyl (C=O) groups excluding carboxylic acids is 1. The summed E-state index contributed by atoms with van der Waals surface area (Å²) in [6, 6.07) is 14.3. The van der Waals surface area contributed by atoms with Crippen molar-refractivity contribution in [1.29, 1.82) is 0 Å². The van der Waals surface area contributed by atoms with Crippen molar-refractivity contribution in [3.63, 3.8) is 0 Å². The van der Waals surface area contributed by atoms with E-state index in [-0.39, 0.29) is 5.97 Å². The van der Waals surface area contributed by atoms with Gasteiger partial charge in [-0.05, 0) is 36.8 Å². The molecule has 0 saturated carbocycles. The highest BCUT2D eigenvalue weighted by atomic mass is 32.1. The van der Waals surface area contributed by atoms with E-state index >= 15 is 0 Å². The van der Waals surface area contributed by atoms with Crippen LogP contribution in [0.25, 0.3) is 0 Å². The molecule has 0 amide bonds. The predicted octanol–water partition coefficient (Wildman–Crippen LogP) is 3.40. The molecule has 1 unspecified atom stereocenters. The molecule has 2 aromatic rings. The summed E-state index contributed by atoms with van der Waals surface area (Å²) in [7, 11) is 1.44. The zero-order valence-electron chi connectivity index (χ0n) is 12.5. The third-order valence-corrected chi connectivity index (χ3v) is 4.50. The molecule has 0 fully saturated rings. The summed E-state index contributed by atoms with van der Waals surface area (Å²) in [6.45, 7) is 2.59. The SMILES string of the molecule is COC(=O)C(C)(CCc1ccccc1)NCc1cccs1. The molecule has 0 radical (unpaired) electrons. The third-order valence-electron chi connectivity index (χ3n) is 3.63. The van der Waals surface area contributed by atoms with Gasteiger partial charge in [0, 0.05) is 11.4 Å². The van der Waals surface area contributed by atoms with E-state index in [4.69, 9.17) is 4.74 Å². The summed E-state index contributed by atoms with van der Waals surface area (Å²) in [5, 5.41) is 5.39. The largest absolute Gasteiger partial charge is 0.468 e. The lowest BCUT2D eigenvalue weighted by atomic mass is 9.93. The first kappa shape index (κ1) is 15.7. The maximum absolute atomic E-state index is 12.1. The van der Waals surface area contributed by atoms with Crippen LogP contribution in [0.15, 0.2) is 47.8 Å². The molecule has 1 aromatic heterocycles. The number of thiophene rings is 1. The lowest BCUT2D eigenvalue weighted by molar-refractivity contribution is -0.148. The maximum Gasteiger partial charge on any atom is 0.325 e. The molecule has 1 atom stereocenters. The second kappa shape index (κ2) is 7.38. The van der Waals surface area contributed by atoms with Crippen molar-refractivity contribution in [3.8, 4) is 0 Å². The zero-order chi connectivity index (χ0) is 15.1. The Hall–Kier alpha value is -1.65. The standard InChI is InChI=1S/C17H21NO2S/c1-17(16(19)20-2,18-13-15-9-6-12-21-15)11-10-14-7-4-3-5-8-14/h3-9,12,18H,10-11,13H2,1-2H3. The molecule has 0 saturated heterocycles. The average molecular weight is 303 g/mol. The van der Waals surface area contributed by atoms with Gasteiger partial charge in [-0.25, -0.2) is 0 Å². The summed E-state index contributed by atoms with van der Waals surface area (Å²) >= 11 is 1.68. The predicted molar refractivity (Wildman–Crippen MR) is 86.3 cm³/mol. The average Bonchev–Trinajstić information content (AvgIpc) is 3.04. The van der Waals surface area contributed by atoms with Crippen molar-refractivity contribution in [1.82, 2.24) is 5.32 Å². The van der Waals surface area contributed by atoms with Crippen LogP contribution < -0.4 is 5.32 Å². The number of ether oxygens (including phenoxy) is 1. The number of hydrogen-bond donors (Lipinski definition) is 1. The van der Waals surface area contributed by atoms with Crippen LogP contribution in [0.3, 0.4) is 0 Å². The molecule has 1 heterocycles. The van der Waals surface area contributed by atoms with Crippen molar-refractivity contribution < 1.29 is 9.53 Å². The van der Waals surface area contributed by atoms with Crippen LogP contribution >= 0.6 is 11.3 Å². The number of rotatable bonds is 7. The Labute approximate surface area is 130 Å². The Bertz CT molecular complexity index is 553. The molecule has 0 spiro atoms. The highest BCUT2D eigenvalue weighted by molar-refractivity contribution is 7.09. The Morgan fingerprint density at radius 1 is 1.24 bits per heavy atom. The van der Waals surface area contributed by atoms with Gasteiger partial charge in [-0.1, -0.05) is 36.4 Å². The molecule has 1 aromatic carbocycles. The highest BCUT2D eigenvalue weighted by Gasteiger charge is 2.33. The van der Waals surface area contributed by atoms with Gasteiger partial charge >= 0.3 is 5.97 Å². The topological polar surface area (TPSA) is 38.3 Å². The number of esters is 1. The fourth-order valence-electron chi connectivity index (χ4n) is 2.22. The molecule has 0 bridgehead atoms. The highest BCUT2D eigenvalue weighted by Crippen LogP contribution is 2.18. The van der Waals surface area contributed by atoms with Crippen LogP contribution in [-0.2, 0) is 22.5 Å². The molecule has 2 rings (SSSR count). The van der Waals surface area contributed by atoms with Crippen LogP contribution in [0.5, 0.6) is 0 Å². The smallest absolute Gasteiger partial charge is 0.325 e. The quantitative estimate of drug-likeness (QED) is 0.797. The number of carbonyl (C=O) groups is 1. The number of aryl methyl sites for hydroxylation is 1. The fraction of sp³-hybridized carbons (Fsp3) is 0.353. The van der Waals surface area contributed by atoms with Gasteiger partial charge in [0.2, 0.25) is 0 Å². The Balaban J connectivity index is 2.00. The third kappa shape index (κ3) is 4.41. The number of benzene rings is 1. The molecule has 4 heteroatoms. The summed E-state index contributed by atoms with van der Waals surface area (Å²) in [5.74, 6) is -0.213. The number of hydrogen-bond acceptors (Lipinski definition) is 4. The summed E-state index contributed by atoms with van der Waals surface area (Å²) < 4.78 is 4.98. The molecule has 0 aliphatic carbocycles. The molecule has 0 aliphatic heterocycles. The van der Waals surface area contributed by atoms with Gasteiger partial charge in [-0.15, -0.1) is 11.3 Å². The monoisotopic (exact) mass is 303 g/mol. The normalized spacial score (nSPS) is 13.6. The van der Waals surface area contributed by atoms with Gasteiger partial charge in [-0.2, -0.15) is 0 Å². The minimum absolute atomic E-state index is 0.213. The lowest BCUT2D eigenvalue weighted by Crippen LogP contribution is -2.50. The second-order valence-electron chi connectivity index (χ2n) is 5.24. The van der Waals surface area contributed by atoms with Crippen LogP contribution in [0.1, 0.15) is 23.8 Å². The van der Waals surface area contributed by atoms with E-state index in [1.54, 1.807) is 11.3 Å². The van der Waals surface area contributed by atoms with Crippen molar-refractivity contribution in [2.45, 2.75) is 31.8 Å². The fourth-order valence-corrected chi connectivity index (χ4v) is 2.87. The molecule has 3 nitrogen and oxygen atoms in total. The van der Waals surface area contributed by atoms with Gasteiger partial charge in [-0.3, -0.25) is 10.1 Å². The van der Waals surface area contributed by atoms with Crippen LogP contribution in [-0.4, -0.2) is 18.6 Å². The van der Waals surface area contributed by atoms with Gasteiger partial charge in [0.15, 0.2) is 0 Å². The van der Waals surface area contributed by atoms with Crippen molar-refractivity contribution in [2.24, 2.45) is 0 Å². The number of nitrogens with one attached hydrogen (secondary N) is 1. The van der Waals surface area contributed by atoms with Gasteiger partial charge in [0.05, 0.1) is 7.11 Å². The van der Waals surface area contributed by atoms with E-state index < -0.39 is 5.54 Å². The van der Waals surface area contributed by atoms with E-state index in [2.05, 4.69) is 23.5 Å². The maximum atomic E-state index is 12.1. The molecule has 112 valence electrons. The first-order valence-electron chi connectivity index (χ1n) is 7.04. The molecule has 1 N–H and O–H groups in total. The number of methoxy groups -OCH3 is 1. The van der Waals surface area contributed by atoms with Gasteiger partial charge < -0.3 is 4.74 Å². The Kier molecular flexibility index (Phi) is 5.53. The minimum Gasteiger partial charge on any atom is -0.468 e. The first-order chi connectivity index (χ1) is 10.1. The summed E-state index contributed by atoms with van der Waals surface area (Å²) in [6.07, 6.45) is 1.54. The summed E-state index contributed by atoms with van der Waals surface area (Å²) in [4.78, 5) is 13.3. The molecule has 21 heavy (non-hydrogen) atoms. The van der Waals surface area contributed by atoms with E-state index in [1.807, 2.05) is 36.6 Å². The van der Waals surface area contributed by atoms with E-state index in [9.17, 15) is 4.79 Å². The van der Waals surface area contributed by atoms with Gasteiger partial charge in [0.25, 0.3) is 0 Å². The minimum atomic E-state index is -0.672. The van der Waals surface area contributed by atoms with Crippen LogP contribution in [0.4, 0.5) is 0 Å². The van der Waals surface area contributed by atoms with E-state index in [0.29, 0.717) is 13.0 Å². The lowest BCUT2D eigenvalue weighted by Gasteiger charge is -2.28. The van der Waals surface area contributed by atoms with Crippen molar-refractivity contribution in [3.05, 3.63) is 58.3 Å². The second-order valence-corrected chi connectivity index (χ2v) is 6.27. The Morgan fingerprint density at radius 2 is 2.00 bits per heavy atom. The van der Waals surface area contributed by atoms with E-state index in [1.165, 1.54) is 17.6 Å². The molecular weight excluding hydrogens is 282 g/mol.